The maximum Gasteiger partial charge on any atom is 0.272 e. The predicted molar refractivity (Wildman–Crippen MR) is 166 cm³/mol. The van der Waals surface area contributed by atoms with Crippen molar-refractivity contribution in [2.24, 2.45) is 0 Å². The monoisotopic (exact) mass is 585 g/mol. The molecule has 3 amide bonds. The summed E-state index contributed by atoms with van der Waals surface area (Å²) in [6.07, 6.45) is 1.65. The fourth-order valence-electron chi connectivity index (χ4n) is 3.74. The first-order valence-electron chi connectivity index (χ1n) is 13.0. The molecular weight excluding hydrogens is 555 g/mol. The third-order valence-corrected chi connectivity index (χ3v) is 7.82. The van der Waals surface area contributed by atoms with Crippen LogP contribution in [0.15, 0.2) is 89.5 Å². The van der Waals surface area contributed by atoms with Crippen LogP contribution in [0.2, 0.25) is 0 Å². The number of carbonyl (C=O) groups excluding carboxylic acids is 3. The zero-order chi connectivity index (χ0) is 29.4. The Bertz CT molecular complexity index is 1550. The highest BCUT2D eigenvalue weighted by Crippen LogP contribution is 2.27. The molecule has 0 radical (unpaired) electrons. The SMILES string of the molecule is Cc1nnc(NC(=O)C(C)Sc2cccc(NC(=O)/C(=C\c3ccc(C(C)C)cc3)NC(=O)c3ccccc3)c2)s1. The summed E-state index contributed by atoms with van der Waals surface area (Å²) in [6.45, 7) is 7.84. The molecule has 3 N–H and O–H groups in total. The van der Waals surface area contributed by atoms with E-state index in [1.54, 1.807) is 55.5 Å². The van der Waals surface area contributed by atoms with Crippen molar-refractivity contribution in [3.8, 4) is 0 Å². The Morgan fingerprint density at radius 1 is 0.878 bits per heavy atom. The molecule has 0 aliphatic carbocycles. The molecule has 10 heteroatoms. The van der Waals surface area contributed by atoms with Gasteiger partial charge in [0.2, 0.25) is 11.0 Å². The van der Waals surface area contributed by atoms with Crippen molar-refractivity contribution >= 4 is 57.7 Å². The molecule has 4 rings (SSSR count). The minimum atomic E-state index is -0.471. The Morgan fingerprint density at radius 2 is 1.61 bits per heavy atom. The summed E-state index contributed by atoms with van der Waals surface area (Å²) in [5.41, 5.74) is 3.03. The Morgan fingerprint density at radius 3 is 2.27 bits per heavy atom. The number of aromatic nitrogens is 2. The Labute approximate surface area is 247 Å². The van der Waals surface area contributed by atoms with E-state index < -0.39 is 11.2 Å². The van der Waals surface area contributed by atoms with E-state index in [4.69, 9.17) is 0 Å². The van der Waals surface area contributed by atoms with E-state index >= 15 is 0 Å². The zero-order valence-electron chi connectivity index (χ0n) is 23.2. The number of amides is 3. The van der Waals surface area contributed by atoms with Gasteiger partial charge in [0.05, 0.1) is 5.25 Å². The Balaban J connectivity index is 1.49. The van der Waals surface area contributed by atoms with Crippen LogP contribution in [-0.2, 0) is 9.59 Å². The topological polar surface area (TPSA) is 113 Å². The molecule has 1 aromatic heterocycles. The summed E-state index contributed by atoms with van der Waals surface area (Å²) in [6, 6.07) is 23.8. The molecular formula is C31H31N5O3S2. The van der Waals surface area contributed by atoms with E-state index in [1.165, 1.54) is 28.7 Å². The van der Waals surface area contributed by atoms with E-state index in [-0.39, 0.29) is 17.5 Å². The average molecular weight is 586 g/mol. The van der Waals surface area contributed by atoms with E-state index in [2.05, 4.69) is 40.0 Å². The number of anilines is 2. The summed E-state index contributed by atoms with van der Waals surface area (Å²) < 4.78 is 0. The van der Waals surface area contributed by atoms with Gasteiger partial charge in [-0.05, 0) is 67.3 Å². The lowest BCUT2D eigenvalue weighted by Gasteiger charge is -2.14. The first-order valence-corrected chi connectivity index (χ1v) is 14.7. The largest absolute Gasteiger partial charge is 0.321 e. The molecule has 0 saturated carbocycles. The van der Waals surface area contributed by atoms with Crippen LogP contribution in [0.25, 0.3) is 6.08 Å². The van der Waals surface area contributed by atoms with E-state index in [1.807, 2.05) is 43.3 Å². The highest BCUT2D eigenvalue weighted by molar-refractivity contribution is 8.00. The molecule has 0 saturated heterocycles. The number of nitrogens with one attached hydrogen (secondary N) is 3. The van der Waals surface area contributed by atoms with Crippen molar-refractivity contribution in [3.05, 3.63) is 106 Å². The smallest absolute Gasteiger partial charge is 0.272 e. The third-order valence-electron chi connectivity index (χ3n) is 5.97. The van der Waals surface area contributed by atoms with Gasteiger partial charge < -0.3 is 10.6 Å². The van der Waals surface area contributed by atoms with Gasteiger partial charge in [-0.2, -0.15) is 0 Å². The van der Waals surface area contributed by atoms with Crippen LogP contribution in [0.3, 0.4) is 0 Å². The van der Waals surface area contributed by atoms with E-state index in [0.717, 1.165) is 15.5 Å². The number of carbonyl (C=O) groups is 3. The second kappa shape index (κ2) is 13.9. The van der Waals surface area contributed by atoms with Gasteiger partial charge in [0.25, 0.3) is 11.8 Å². The van der Waals surface area contributed by atoms with Crippen molar-refractivity contribution in [2.75, 3.05) is 10.6 Å². The fraction of sp³-hybridized carbons (Fsp3) is 0.194. The highest BCUT2D eigenvalue weighted by atomic mass is 32.2. The van der Waals surface area contributed by atoms with Crippen LogP contribution < -0.4 is 16.0 Å². The van der Waals surface area contributed by atoms with Gasteiger partial charge >= 0.3 is 0 Å². The van der Waals surface area contributed by atoms with Gasteiger partial charge in [-0.25, -0.2) is 0 Å². The maximum atomic E-state index is 13.4. The zero-order valence-corrected chi connectivity index (χ0v) is 24.8. The second-order valence-corrected chi connectivity index (χ2v) is 12.2. The second-order valence-electron chi connectivity index (χ2n) is 9.56. The quantitative estimate of drug-likeness (QED) is 0.145. The van der Waals surface area contributed by atoms with Gasteiger partial charge in [0, 0.05) is 16.1 Å². The molecule has 1 atom stereocenters. The normalized spacial score (nSPS) is 12.1. The average Bonchev–Trinajstić information content (AvgIpc) is 3.37. The number of hydrogen-bond acceptors (Lipinski definition) is 7. The van der Waals surface area contributed by atoms with Crippen molar-refractivity contribution in [1.82, 2.24) is 15.5 Å². The first-order chi connectivity index (χ1) is 19.7. The summed E-state index contributed by atoms with van der Waals surface area (Å²) >= 11 is 2.66. The van der Waals surface area contributed by atoms with Crippen molar-refractivity contribution < 1.29 is 14.4 Å². The van der Waals surface area contributed by atoms with Crippen LogP contribution in [0, 0.1) is 6.92 Å². The van der Waals surface area contributed by atoms with Crippen LogP contribution in [-0.4, -0.2) is 33.2 Å². The molecule has 41 heavy (non-hydrogen) atoms. The van der Waals surface area contributed by atoms with Crippen LogP contribution in [0.5, 0.6) is 0 Å². The van der Waals surface area contributed by atoms with Crippen molar-refractivity contribution in [2.45, 2.75) is 43.8 Å². The standard InChI is InChI=1S/C31H31N5O3S2/c1-19(2)23-15-13-22(14-16-23)17-27(33-29(38)24-9-6-5-7-10-24)30(39)32-25-11-8-12-26(18-25)40-20(3)28(37)34-31-36-35-21(4)41-31/h5-20H,1-4H3,(H,32,39)(H,33,38)(H,34,36,37)/b27-17+. The third kappa shape index (κ3) is 8.60. The summed E-state index contributed by atoms with van der Waals surface area (Å²) in [7, 11) is 0. The number of benzene rings is 3. The maximum absolute atomic E-state index is 13.4. The van der Waals surface area contributed by atoms with E-state index in [9.17, 15) is 14.4 Å². The summed E-state index contributed by atoms with van der Waals surface area (Å²) in [5.74, 6) is -0.679. The van der Waals surface area contributed by atoms with E-state index in [0.29, 0.717) is 22.3 Å². The van der Waals surface area contributed by atoms with Crippen LogP contribution in [0.4, 0.5) is 10.8 Å². The first kappa shape index (κ1) is 29.7. The molecule has 0 aliphatic heterocycles. The summed E-state index contributed by atoms with van der Waals surface area (Å²) in [5, 5.41) is 17.1. The van der Waals surface area contributed by atoms with Gasteiger partial charge in [-0.1, -0.05) is 73.7 Å². The molecule has 8 nitrogen and oxygen atoms in total. The van der Waals surface area contributed by atoms with Crippen LogP contribution >= 0.6 is 23.1 Å². The highest BCUT2D eigenvalue weighted by Gasteiger charge is 2.18. The Kier molecular flexibility index (Phi) is 10.0. The lowest BCUT2D eigenvalue weighted by molar-refractivity contribution is -0.115. The molecule has 210 valence electrons. The van der Waals surface area contributed by atoms with Gasteiger partial charge in [0.1, 0.15) is 10.7 Å². The summed E-state index contributed by atoms with van der Waals surface area (Å²) in [4.78, 5) is 39.8. The number of nitrogens with zero attached hydrogens (tertiary/aromatic N) is 2. The number of thioether (sulfide) groups is 1. The molecule has 0 spiro atoms. The molecule has 3 aromatic carbocycles. The molecule has 0 bridgehead atoms. The minimum Gasteiger partial charge on any atom is -0.321 e. The molecule has 4 aromatic rings. The molecule has 1 unspecified atom stereocenters. The Hall–Kier alpha value is -4.28. The minimum absolute atomic E-state index is 0.106. The van der Waals surface area contributed by atoms with Gasteiger partial charge in [-0.3, -0.25) is 19.7 Å². The number of aryl methyl sites for hydroxylation is 1. The van der Waals surface area contributed by atoms with Crippen molar-refractivity contribution in [3.63, 3.8) is 0 Å². The van der Waals surface area contributed by atoms with Crippen LogP contribution in [0.1, 0.15) is 53.2 Å². The van der Waals surface area contributed by atoms with Gasteiger partial charge in [-0.15, -0.1) is 22.0 Å². The van der Waals surface area contributed by atoms with Crippen molar-refractivity contribution in [1.29, 1.82) is 0 Å². The fourth-order valence-corrected chi connectivity index (χ4v) is 5.26. The number of rotatable bonds is 10. The molecule has 0 aliphatic rings. The lowest BCUT2D eigenvalue weighted by Crippen LogP contribution is -2.30. The molecule has 0 fully saturated rings. The predicted octanol–water partition coefficient (Wildman–Crippen LogP) is 6.50. The lowest BCUT2D eigenvalue weighted by atomic mass is 10.0. The molecule has 1 heterocycles. The number of hydrogen-bond donors (Lipinski definition) is 3. The van der Waals surface area contributed by atoms with Gasteiger partial charge in [0.15, 0.2) is 0 Å².